The van der Waals surface area contributed by atoms with E-state index in [2.05, 4.69) is 27.5 Å². The van der Waals surface area contributed by atoms with Crippen molar-refractivity contribution in [2.45, 2.75) is 44.8 Å². The molecule has 1 amide bonds. The van der Waals surface area contributed by atoms with Crippen LogP contribution in [0.3, 0.4) is 0 Å². The summed E-state index contributed by atoms with van der Waals surface area (Å²) in [5.74, 6) is 1.44. The number of amides is 1. The first-order valence-corrected chi connectivity index (χ1v) is 11.4. The lowest BCUT2D eigenvalue weighted by Crippen LogP contribution is -2.31. The lowest BCUT2D eigenvalue weighted by molar-refractivity contribution is -0.113. The van der Waals surface area contributed by atoms with Crippen LogP contribution < -0.4 is 10.6 Å². The summed E-state index contributed by atoms with van der Waals surface area (Å²) in [7, 11) is 0. The van der Waals surface area contributed by atoms with Gasteiger partial charge in [-0.15, -0.1) is 5.10 Å². The van der Waals surface area contributed by atoms with Crippen LogP contribution in [0.15, 0.2) is 65.2 Å². The Hall–Kier alpha value is -3.13. The summed E-state index contributed by atoms with van der Waals surface area (Å²) < 4.78 is 1.81. The van der Waals surface area contributed by atoms with E-state index in [0.29, 0.717) is 16.7 Å². The molecule has 8 heteroatoms. The molecule has 0 fully saturated rings. The number of carbonyl (C=O) groups is 1. The van der Waals surface area contributed by atoms with E-state index < -0.39 is 6.04 Å². The van der Waals surface area contributed by atoms with Gasteiger partial charge >= 0.3 is 0 Å². The molecule has 2 N–H and O–H groups in total. The van der Waals surface area contributed by atoms with Crippen molar-refractivity contribution >= 4 is 29.3 Å². The number of hydrogen-bond donors (Lipinski definition) is 2. The molecule has 0 saturated heterocycles. The molecule has 1 aliphatic heterocycles. The Kier molecular flexibility index (Phi) is 6.36. The number of unbranched alkanes of at least 4 members (excludes halogenated alkanes) is 1. The van der Waals surface area contributed by atoms with Crippen molar-refractivity contribution in [2.75, 3.05) is 16.4 Å². The number of allylic oxidation sites excluding steroid dienone is 1. The standard InChI is InChI=1S/C23H26N6OS/c1-4-5-13-31-23-27-22-25-16(3)19(21(30)26-18-8-6-7-15(2)14-18)20(29(22)28-23)17-9-11-24-12-10-17/h6-12,14,20H,4-5,13H2,1-3H3,(H,26,30)(H,25,27,28). The van der Waals surface area contributed by atoms with Crippen LogP contribution in [0.1, 0.15) is 43.9 Å². The SMILES string of the molecule is CCCCSc1nc2n(n1)C(c1ccncc1)C(C(=O)Nc1cccc(C)c1)=C(C)N2. The number of rotatable bonds is 7. The Labute approximate surface area is 186 Å². The molecular formula is C23H26N6OS. The summed E-state index contributed by atoms with van der Waals surface area (Å²) in [5.41, 5.74) is 4.15. The number of anilines is 2. The van der Waals surface area contributed by atoms with E-state index in [1.807, 2.05) is 54.9 Å². The highest BCUT2D eigenvalue weighted by Crippen LogP contribution is 2.36. The Balaban J connectivity index is 1.70. The normalized spacial score (nSPS) is 15.4. The number of aryl methyl sites for hydroxylation is 1. The van der Waals surface area contributed by atoms with Gasteiger partial charge in [-0.1, -0.05) is 37.2 Å². The molecule has 1 unspecified atom stereocenters. The van der Waals surface area contributed by atoms with Crippen LogP contribution in [0.25, 0.3) is 0 Å². The van der Waals surface area contributed by atoms with Crippen LogP contribution in [-0.2, 0) is 4.79 Å². The van der Waals surface area contributed by atoms with Gasteiger partial charge in [-0.25, -0.2) is 4.68 Å². The Morgan fingerprint density at radius 2 is 2.03 bits per heavy atom. The number of hydrogen-bond acceptors (Lipinski definition) is 6. The number of carbonyl (C=O) groups excluding carboxylic acids is 1. The van der Waals surface area contributed by atoms with Crippen molar-refractivity contribution in [2.24, 2.45) is 0 Å². The molecule has 0 aliphatic carbocycles. The summed E-state index contributed by atoms with van der Waals surface area (Å²) in [6.07, 6.45) is 5.70. The van der Waals surface area contributed by atoms with Crippen LogP contribution >= 0.6 is 11.8 Å². The van der Waals surface area contributed by atoms with Crippen molar-refractivity contribution in [3.63, 3.8) is 0 Å². The highest BCUT2D eigenvalue weighted by atomic mass is 32.2. The van der Waals surface area contributed by atoms with Gasteiger partial charge in [-0.2, -0.15) is 4.98 Å². The molecule has 0 radical (unpaired) electrons. The van der Waals surface area contributed by atoms with Gasteiger partial charge in [0.25, 0.3) is 5.91 Å². The molecule has 3 aromatic rings. The highest BCUT2D eigenvalue weighted by Gasteiger charge is 2.34. The van der Waals surface area contributed by atoms with Crippen molar-refractivity contribution in [3.8, 4) is 0 Å². The largest absolute Gasteiger partial charge is 0.328 e. The molecule has 0 spiro atoms. The molecule has 1 aromatic carbocycles. The summed E-state index contributed by atoms with van der Waals surface area (Å²) in [6.45, 7) is 6.07. The van der Waals surface area contributed by atoms with Crippen molar-refractivity contribution < 1.29 is 4.79 Å². The minimum atomic E-state index is -0.392. The van der Waals surface area contributed by atoms with Crippen LogP contribution in [-0.4, -0.2) is 31.4 Å². The van der Waals surface area contributed by atoms with E-state index in [-0.39, 0.29) is 5.91 Å². The molecule has 160 valence electrons. The summed E-state index contributed by atoms with van der Waals surface area (Å²) in [4.78, 5) is 22.2. The van der Waals surface area contributed by atoms with Gasteiger partial charge in [0.1, 0.15) is 6.04 Å². The lowest BCUT2D eigenvalue weighted by Gasteiger charge is -2.28. The zero-order valence-electron chi connectivity index (χ0n) is 17.9. The quantitative estimate of drug-likeness (QED) is 0.410. The first-order chi connectivity index (χ1) is 15.1. The molecule has 4 rings (SSSR count). The van der Waals surface area contributed by atoms with Crippen LogP contribution in [0, 0.1) is 6.92 Å². The summed E-state index contributed by atoms with van der Waals surface area (Å²) in [6, 6.07) is 11.2. The van der Waals surface area contributed by atoms with Gasteiger partial charge in [0, 0.05) is 29.5 Å². The lowest BCUT2D eigenvalue weighted by atomic mass is 9.96. The third-order valence-electron chi connectivity index (χ3n) is 5.10. The highest BCUT2D eigenvalue weighted by molar-refractivity contribution is 7.99. The number of nitrogens with one attached hydrogen (secondary N) is 2. The number of aromatic nitrogens is 4. The monoisotopic (exact) mass is 434 g/mol. The Morgan fingerprint density at radius 3 is 2.77 bits per heavy atom. The maximum Gasteiger partial charge on any atom is 0.255 e. The molecule has 1 aliphatic rings. The molecule has 0 bridgehead atoms. The molecule has 1 atom stereocenters. The maximum atomic E-state index is 13.4. The molecule has 0 saturated carbocycles. The molecule has 3 heterocycles. The number of pyridine rings is 1. The van der Waals surface area contributed by atoms with Gasteiger partial charge in [0.05, 0.1) is 5.57 Å². The van der Waals surface area contributed by atoms with Crippen LogP contribution in [0.4, 0.5) is 11.6 Å². The first kappa shape index (κ1) is 21.1. The Bertz CT molecular complexity index is 1110. The fourth-order valence-corrected chi connectivity index (χ4v) is 4.48. The van der Waals surface area contributed by atoms with Gasteiger partial charge in [0.15, 0.2) is 0 Å². The average molecular weight is 435 g/mol. The van der Waals surface area contributed by atoms with Gasteiger partial charge in [-0.05, 0) is 55.7 Å². The zero-order chi connectivity index (χ0) is 21.8. The maximum absolute atomic E-state index is 13.4. The fourth-order valence-electron chi connectivity index (χ4n) is 3.57. The third kappa shape index (κ3) is 4.64. The molecule has 2 aromatic heterocycles. The second-order valence-electron chi connectivity index (χ2n) is 7.53. The van der Waals surface area contributed by atoms with Crippen molar-refractivity contribution in [1.29, 1.82) is 0 Å². The zero-order valence-corrected chi connectivity index (χ0v) is 18.7. The van der Waals surface area contributed by atoms with Gasteiger partial charge in [-0.3, -0.25) is 9.78 Å². The molecule has 31 heavy (non-hydrogen) atoms. The fraction of sp³-hybridized carbons (Fsp3) is 0.304. The van der Waals surface area contributed by atoms with Gasteiger partial charge in [0.2, 0.25) is 11.1 Å². The number of fused-ring (bicyclic) bond motifs is 1. The number of benzene rings is 1. The first-order valence-electron chi connectivity index (χ1n) is 10.4. The second kappa shape index (κ2) is 9.34. The topological polar surface area (TPSA) is 84.7 Å². The molecule has 7 nitrogen and oxygen atoms in total. The van der Waals surface area contributed by atoms with Crippen LogP contribution in [0.5, 0.6) is 0 Å². The van der Waals surface area contributed by atoms with E-state index in [1.54, 1.807) is 24.2 Å². The predicted molar refractivity (Wildman–Crippen MR) is 124 cm³/mol. The minimum Gasteiger partial charge on any atom is -0.328 e. The predicted octanol–water partition coefficient (Wildman–Crippen LogP) is 4.80. The van der Waals surface area contributed by atoms with E-state index in [9.17, 15) is 4.79 Å². The molecular weight excluding hydrogens is 408 g/mol. The minimum absolute atomic E-state index is 0.168. The Morgan fingerprint density at radius 1 is 1.23 bits per heavy atom. The van der Waals surface area contributed by atoms with E-state index >= 15 is 0 Å². The van der Waals surface area contributed by atoms with Crippen molar-refractivity contribution in [3.05, 3.63) is 71.2 Å². The summed E-state index contributed by atoms with van der Waals surface area (Å²) in [5, 5.41) is 11.8. The van der Waals surface area contributed by atoms with Crippen LogP contribution in [0.2, 0.25) is 0 Å². The van der Waals surface area contributed by atoms with E-state index in [1.165, 1.54) is 0 Å². The van der Waals surface area contributed by atoms with Crippen molar-refractivity contribution in [1.82, 2.24) is 19.7 Å². The number of thioether (sulfide) groups is 1. The third-order valence-corrected chi connectivity index (χ3v) is 6.03. The van der Waals surface area contributed by atoms with E-state index in [0.717, 1.165) is 41.1 Å². The second-order valence-corrected chi connectivity index (χ2v) is 8.60. The van der Waals surface area contributed by atoms with E-state index in [4.69, 9.17) is 5.10 Å². The number of nitrogens with zero attached hydrogens (tertiary/aromatic N) is 4. The average Bonchev–Trinajstić information content (AvgIpc) is 3.15. The van der Waals surface area contributed by atoms with Gasteiger partial charge < -0.3 is 10.6 Å². The summed E-state index contributed by atoms with van der Waals surface area (Å²) >= 11 is 1.64. The smallest absolute Gasteiger partial charge is 0.255 e.